The molecule has 0 amide bonds. The summed E-state index contributed by atoms with van der Waals surface area (Å²) in [4.78, 5) is 28.5. The summed E-state index contributed by atoms with van der Waals surface area (Å²) >= 11 is 0. The first-order valence-electron chi connectivity index (χ1n) is 8.44. The predicted octanol–water partition coefficient (Wildman–Crippen LogP) is 3.70. The van der Waals surface area contributed by atoms with Crippen LogP contribution in [0, 0.1) is 6.92 Å². The number of ketones is 1. The van der Waals surface area contributed by atoms with Crippen molar-refractivity contribution in [1.82, 2.24) is 0 Å². The zero-order chi connectivity index (χ0) is 19.3. The van der Waals surface area contributed by atoms with Crippen LogP contribution in [0.3, 0.4) is 0 Å². The quantitative estimate of drug-likeness (QED) is 0.762. The molecule has 0 radical (unpaired) electrons. The Labute approximate surface area is 150 Å². The van der Waals surface area contributed by atoms with E-state index < -0.39 is 8.32 Å². The van der Waals surface area contributed by atoms with E-state index in [-0.39, 0.29) is 23.1 Å². The average molecular weight is 365 g/mol. The lowest BCUT2D eigenvalue weighted by Gasteiger charge is -2.36. The highest BCUT2D eigenvalue weighted by molar-refractivity contribution is 6.74. The third-order valence-electron chi connectivity index (χ3n) is 4.86. The number of ether oxygens (including phenoxy) is 1. The van der Waals surface area contributed by atoms with E-state index >= 15 is 0 Å². The first-order valence-corrected chi connectivity index (χ1v) is 11.3. The Morgan fingerprint density at radius 1 is 1.28 bits per heavy atom. The summed E-state index contributed by atoms with van der Waals surface area (Å²) in [6, 6.07) is 6.03. The summed E-state index contributed by atoms with van der Waals surface area (Å²) in [7, 11) is -1.76. The normalized spacial score (nSPS) is 16.9. The zero-order valence-electron chi connectivity index (χ0n) is 16.0. The van der Waals surface area contributed by atoms with E-state index in [2.05, 4.69) is 33.9 Å². The van der Waals surface area contributed by atoms with Gasteiger partial charge in [-0.2, -0.15) is 9.59 Å². The number of carbonyl (C=O) groups excluding carboxylic acids is 3. The summed E-state index contributed by atoms with van der Waals surface area (Å²) in [6.45, 7) is 13.8. The highest BCUT2D eigenvalue weighted by Crippen LogP contribution is 2.36. The molecule has 1 aliphatic heterocycles. The van der Waals surface area contributed by atoms with E-state index in [4.69, 9.17) is 18.8 Å². The molecule has 1 aliphatic rings. The first-order chi connectivity index (χ1) is 11.5. The van der Waals surface area contributed by atoms with Crippen LogP contribution in [-0.4, -0.2) is 33.0 Å². The topological polar surface area (TPSA) is 69.7 Å². The van der Waals surface area contributed by atoms with Crippen molar-refractivity contribution in [2.45, 2.75) is 64.8 Å². The number of rotatable bonds is 4. The number of fused-ring (bicyclic) bond motifs is 1. The summed E-state index contributed by atoms with van der Waals surface area (Å²) in [5.41, 5.74) is 2.17. The van der Waals surface area contributed by atoms with Gasteiger partial charge in [0.15, 0.2) is 20.2 Å². The van der Waals surface area contributed by atoms with Crippen molar-refractivity contribution in [3.63, 3.8) is 0 Å². The summed E-state index contributed by atoms with van der Waals surface area (Å²) in [5, 5.41) is 0.189. The monoisotopic (exact) mass is 364 g/mol. The van der Waals surface area contributed by atoms with Crippen LogP contribution >= 0.6 is 0 Å². The Hall–Kier alpha value is -1.75. The second-order valence-electron chi connectivity index (χ2n) is 7.84. The van der Waals surface area contributed by atoms with Crippen LogP contribution in [0.15, 0.2) is 18.2 Å². The molecule has 0 saturated carbocycles. The summed E-state index contributed by atoms with van der Waals surface area (Å²) < 4.78 is 12.0. The predicted molar refractivity (Wildman–Crippen MR) is 97.1 cm³/mol. The molecule has 25 heavy (non-hydrogen) atoms. The molecule has 0 aromatic heterocycles. The minimum Gasteiger partial charge on any atom is -0.482 e. The van der Waals surface area contributed by atoms with E-state index in [9.17, 15) is 4.79 Å². The van der Waals surface area contributed by atoms with Crippen molar-refractivity contribution in [3.8, 4) is 5.75 Å². The van der Waals surface area contributed by atoms with Crippen LogP contribution in [0.1, 0.15) is 38.3 Å². The maximum Gasteiger partial charge on any atom is 0.373 e. The largest absolute Gasteiger partial charge is 0.482 e. The molecule has 6 heteroatoms. The Morgan fingerprint density at radius 3 is 2.44 bits per heavy atom. The molecule has 0 unspecified atom stereocenters. The van der Waals surface area contributed by atoms with Crippen molar-refractivity contribution in [3.05, 3.63) is 29.3 Å². The number of hydrogen-bond acceptors (Lipinski definition) is 5. The molecule has 0 saturated heterocycles. The van der Waals surface area contributed by atoms with Crippen molar-refractivity contribution < 1.29 is 23.5 Å². The highest BCUT2D eigenvalue weighted by Gasteiger charge is 2.37. The van der Waals surface area contributed by atoms with E-state index in [0.717, 1.165) is 16.9 Å². The Bertz CT molecular complexity index is 640. The second-order valence-corrected chi connectivity index (χ2v) is 12.7. The van der Waals surface area contributed by atoms with Gasteiger partial charge in [0.25, 0.3) is 0 Å². The lowest BCUT2D eigenvalue weighted by atomic mass is 9.98. The van der Waals surface area contributed by atoms with Crippen LogP contribution < -0.4 is 4.74 Å². The van der Waals surface area contributed by atoms with Crippen molar-refractivity contribution >= 4 is 20.3 Å². The van der Waals surface area contributed by atoms with Gasteiger partial charge in [0.05, 0.1) is 0 Å². The van der Waals surface area contributed by atoms with Gasteiger partial charge < -0.3 is 9.16 Å². The molecule has 0 aliphatic carbocycles. The number of benzene rings is 1. The molecular formula is C19H28O5Si. The Morgan fingerprint density at radius 2 is 1.88 bits per heavy atom. The standard InChI is InChI=1S/C18H28O3Si.CO2/c1-13-7-8-16-14(11-13)12-15(19)17(21-16)9-10-20-22(5,6)18(2,3)4;2-1-3/h7-8,11,17H,9-10,12H2,1-6H3;/t17-;/m0./s1. The first kappa shape index (κ1) is 21.3. The third kappa shape index (κ3) is 5.92. The smallest absolute Gasteiger partial charge is 0.373 e. The van der Waals surface area contributed by atoms with Gasteiger partial charge >= 0.3 is 6.15 Å². The van der Waals surface area contributed by atoms with Gasteiger partial charge in [-0.25, -0.2) is 0 Å². The number of carbonyl (C=O) groups is 1. The van der Waals surface area contributed by atoms with E-state index in [1.807, 2.05) is 25.1 Å². The van der Waals surface area contributed by atoms with E-state index in [0.29, 0.717) is 19.4 Å². The van der Waals surface area contributed by atoms with Gasteiger partial charge in [-0.15, -0.1) is 0 Å². The van der Waals surface area contributed by atoms with Crippen LogP contribution in [0.25, 0.3) is 0 Å². The maximum atomic E-state index is 12.3. The molecule has 0 fully saturated rings. The number of hydrogen-bond donors (Lipinski definition) is 0. The van der Waals surface area contributed by atoms with Crippen LogP contribution in [0.2, 0.25) is 18.1 Å². The molecule has 2 rings (SSSR count). The number of Topliss-reactive ketones (excluding diaryl/α,β-unsaturated/α-hetero) is 1. The molecule has 0 spiro atoms. The van der Waals surface area contributed by atoms with Gasteiger partial charge in [-0.1, -0.05) is 38.5 Å². The molecule has 0 N–H and O–H groups in total. The third-order valence-corrected chi connectivity index (χ3v) is 9.40. The molecule has 0 bridgehead atoms. The lowest BCUT2D eigenvalue weighted by Crippen LogP contribution is -2.42. The van der Waals surface area contributed by atoms with Gasteiger partial charge in [-0.3, -0.25) is 4.79 Å². The summed E-state index contributed by atoms with van der Waals surface area (Å²) in [6.07, 6.45) is 1.00. The molecule has 1 aromatic carbocycles. The lowest BCUT2D eigenvalue weighted by molar-refractivity contribution is -0.191. The van der Waals surface area contributed by atoms with Crippen LogP contribution in [0.5, 0.6) is 5.75 Å². The van der Waals surface area contributed by atoms with Crippen LogP contribution in [0.4, 0.5) is 0 Å². The molecule has 1 aromatic rings. The van der Waals surface area contributed by atoms with Crippen molar-refractivity contribution in [2.24, 2.45) is 0 Å². The zero-order valence-corrected chi connectivity index (χ0v) is 17.0. The maximum absolute atomic E-state index is 12.3. The fourth-order valence-electron chi connectivity index (χ4n) is 2.34. The summed E-state index contributed by atoms with van der Waals surface area (Å²) in [5.74, 6) is 1.01. The molecule has 5 nitrogen and oxygen atoms in total. The minimum absolute atomic E-state index is 0.164. The molecular weight excluding hydrogens is 336 g/mol. The van der Waals surface area contributed by atoms with Gasteiger partial charge in [-0.05, 0) is 31.1 Å². The Balaban J connectivity index is 0.000000970. The Kier molecular flexibility index (Phi) is 7.29. The molecule has 1 heterocycles. The average Bonchev–Trinajstić information content (AvgIpc) is 2.47. The second kappa shape index (κ2) is 8.56. The van der Waals surface area contributed by atoms with Crippen molar-refractivity contribution in [1.29, 1.82) is 0 Å². The van der Waals surface area contributed by atoms with E-state index in [1.54, 1.807) is 0 Å². The number of aryl methyl sites for hydroxylation is 1. The van der Waals surface area contributed by atoms with Crippen molar-refractivity contribution in [2.75, 3.05) is 6.61 Å². The van der Waals surface area contributed by atoms with Gasteiger partial charge in [0.2, 0.25) is 0 Å². The molecule has 138 valence electrons. The fraction of sp³-hybridized carbons (Fsp3) is 0.579. The van der Waals surface area contributed by atoms with Gasteiger partial charge in [0.1, 0.15) is 5.75 Å². The highest BCUT2D eigenvalue weighted by atomic mass is 28.4. The van der Waals surface area contributed by atoms with E-state index in [1.165, 1.54) is 0 Å². The molecule has 1 atom stereocenters. The fourth-order valence-corrected chi connectivity index (χ4v) is 3.40. The van der Waals surface area contributed by atoms with Gasteiger partial charge in [0, 0.05) is 25.0 Å². The minimum atomic E-state index is -1.76. The van der Waals surface area contributed by atoms with Crippen LogP contribution in [-0.2, 0) is 25.2 Å². The SMILES string of the molecule is Cc1ccc2c(c1)CC(=O)[C@H](CCO[Si](C)(C)C(C)(C)C)O2.O=C=O.